The predicted octanol–water partition coefficient (Wildman–Crippen LogP) is 1.89. The van der Waals surface area contributed by atoms with Crippen molar-refractivity contribution < 1.29 is 18.0 Å². The van der Waals surface area contributed by atoms with Crippen LogP contribution >= 0.6 is 0 Å². The fraction of sp³-hybridized carbons (Fsp3) is 0.385. The van der Waals surface area contributed by atoms with Gasteiger partial charge in [0.25, 0.3) is 0 Å². The van der Waals surface area contributed by atoms with Crippen molar-refractivity contribution in [1.82, 2.24) is 10.6 Å². The number of hydrogen-bond acceptors (Lipinski definition) is 3. The summed E-state index contributed by atoms with van der Waals surface area (Å²) in [7, 11) is 0. The number of carbonyl (C=O) groups excluding carboxylic acids is 1. The lowest BCUT2D eigenvalue weighted by molar-refractivity contribution is -0.137. The minimum Gasteiger partial charge on any atom is -0.346 e. The highest BCUT2D eigenvalue weighted by Crippen LogP contribution is 2.13. The van der Waals surface area contributed by atoms with Crippen LogP contribution in [0.5, 0.6) is 0 Å². The molecule has 7 heteroatoms. The van der Waals surface area contributed by atoms with E-state index in [4.69, 9.17) is 5.26 Å². The fourth-order valence-corrected chi connectivity index (χ4v) is 1.47. The zero-order valence-corrected chi connectivity index (χ0v) is 10.8. The number of halogens is 3. The average molecular weight is 285 g/mol. The topological polar surface area (TPSA) is 64.9 Å². The molecule has 1 atom stereocenters. The molecule has 1 unspecified atom stereocenters. The molecule has 1 aromatic rings. The lowest BCUT2D eigenvalue weighted by Crippen LogP contribution is -2.39. The molecule has 0 aliphatic carbocycles. The van der Waals surface area contributed by atoms with Gasteiger partial charge in [0.15, 0.2) is 0 Å². The maximum absolute atomic E-state index is 11.9. The molecule has 0 aliphatic rings. The van der Waals surface area contributed by atoms with Gasteiger partial charge in [-0.05, 0) is 24.6 Å². The molecule has 4 nitrogen and oxygen atoms in total. The molecule has 1 aromatic carbocycles. The molecule has 0 saturated carbocycles. The Balaban J connectivity index is 2.40. The second kappa shape index (κ2) is 6.91. The lowest BCUT2D eigenvalue weighted by Gasteiger charge is -2.14. The van der Waals surface area contributed by atoms with Crippen LogP contribution in [0.25, 0.3) is 0 Å². The summed E-state index contributed by atoms with van der Waals surface area (Å²) in [5.41, 5.74) is 1.36. The zero-order valence-electron chi connectivity index (χ0n) is 10.8. The Kier molecular flexibility index (Phi) is 5.53. The van der Waals surface area contributed by atoms with Crippen molar-refractivity contribution in [2.75, 3.05) is 13.1 Å². The minimum atomic E-state index is -4.41. The Hall–Kier alpha value is -2.07. The van der Waals surface area contributed by atoms with Crippen molar-refractivity contribution in [3.8, 4) is 6.07 Å². The van der Waals surface area contributed by atoms with Gasteiger partial charge in [0.1, 0.15) is 6.54 Å². The van der Waals surface area contributed by atoms with Crippen LogP contribution in [-0.2, 0) is 4.79 Å². The molecule has 0 fully saturated rings. The lowest BCUT2D eigenvalue weighted by atomic mass is 10.1. The third kappa shape index (κ3) is 5.71. The third-order valence-electron chi connectivity index (χ3n) is 2.59. The summed E-state index contributed by atoms with van der Waals surface area (Å²) in [6, 6.07) is 8.50. The van der Waals surface area contributed by atoms with Crippen LogP contribution in [0.4, 0.5) is 13.2 Å². The summed E-state index contributed by atoms with van der Waals surface area (Å²) in [6.45, 7) is 0.231. The van der Waals surface area contributed by atoms with E-state index in [1.54, 1.807) is 36.5 Å². The molecule has 0 aliphatic heterocycles. The Morgan fingerprint density at radius 2 is 1.95 bits per heavy atom. The van der Waals surface area contributed by atoms with Gasteiger partial charge in [-0.25, -0.2) is 0 Å². The second-order valence-corrected chi connectivity index (χ2v) is 4.23. The highest BCUT2D eigenvalue weighted by molar-refractivity contribution is 5.78. The minimum absolute atomic E-state index is 0.209. The highest BCUT2D eigenvalue weighted by Gasteiger charge is 2.27. The van der Waals surface area contributed by atoms with E-state index in [2.05, 4.69) is 5.32 Å². The molecule has 108 valence electrons. The van der Waals surface area contributed by atoms with Crippen LogP contribution in [0, 0.1) is 11.3 Å². The van der Waals surface area contributed by atoms with E-state index >= 15 is 0 Å². The summed E-state index contributed by atoms with van der Waals surface area (Å²) in [5.74, 6) is -0.720. The molecule has 20 heavy (non-hydrogen) atoms. The molecular formula is C13H14F3N3O. The van der Waals surface area contributed by atoms with Crippen molar-refractivity contribution in [3.05, 3.63) is 35.4 Å². The number of carbonyl (C=O) groups is 1. The van der Waals surface area contributed by atoms with Gasteiger partial charge < -0.3 is 10.6 Å². The molecule has 0 heterocycles. The molecule has 1 amide bonds. The second-order valence-electron chi connectivity index (χ2n) is 4.23. The van der Waals surface area contributed by atoms with Gasteiger partial charge in [-0.1, -0.05) is 12.1 Å². The van der Waals surface area contributed by atoms with Crippen LogP contribution < -0.4 is 10.6 Å². The fourth-order valence-electron chi connectivity index (χ4n) is 1.47. The number of alkyl halides is 3. The van der Waals surface area contributed by atoms with E-state index in [-0.39, 0.29) is 12.6 Å². The standard InChI is InChI=1S/C13H14F3N3O/c1-9(11-4-2-10(6-17)3-5-11)18-7-12(20)19-8-13(14,15)16/h2-5,9,18H,7-8H2,1H3,(H,19,20). The summed E-state index contributed by atoms with van der Waals surface area (Å²) in [5, 5.41) is 13.2. The number of benzene rings is 1. The first-order valence-corrected chi connectivity index (χ1v) is 5.88. The van der Waals surface area contributed by atoms with Gasteiger partial charge in [-0.15, -0.1) is 0 Å². The van der Waals surface area contributed by atoms with E-state index in [1.165, 1.54) is 0 Å². The molecular weight excluding hydrogens is 271 g/mol. The van der Waals surface area contributed by atoms with Gasteiger partial charge >= 0.3 is 6.18 Å². The summed E-state index contributed by atoms with van der Waals surface area (Å²) >= 11 is 0. The molecule has 0 spiro atoms. The monoisotopic (exact) mass is 285 g/mol. The molecule has 1 rings (SSSR count). The van der Waals surface area contributed by atoms with Crippen LogP contribution in [0.3, 0.4) is 0 Å². The van der Waals surface area contributed by atoms with Gasteiger partial charge in [0, 0.05) is 6.04 Å². The predicted molar refractivity (Wildman–Crippen MR) is 66.6 cm³/mol. The summed E-state index contributed by atoms with van der Waals surface area (Å²) in [6.07, 6.45) is -4.41. The van der Waals surface area contributed by atoms with Crippen molar-refractivity contribution in [1.29, 1.82) is 5.26 Å². The normalized spacial score (nSPS) is 12.6. The van der Waals surface area contributed by atoms with Crippen LogP contribution in [0.15, 0.2) is 24.3 Å². The van der Waals surface area contributed by atoms with E-state index in [0.29, 0.717) is 5.56 Å². The van der Waals surface area contributed by atoms with Crippen LogP contribution in [0.2, 0.25) is 0 Å². The quantitative estimate of drug-likeness (QED) is 0.868. The average Bonchev–Trinajstić information content (AvgIpc) is 2.41. The van der Waals surface area contributed by atoms with Gasteiger partial charge in [-0.2, -0.15) is 18.4 Å². The summed E-state index contributed by atoms with van der Waals surface area (Å²) in [4.78, 5) is 11.2. The first-order chi connectivity index (χ1) is 9.31. The van der Waals surface area contributed by atoms with Crippen LogP contribution in [-0.4, -0.2) is 25.2 Å². The zero-order chi connectivity index (χ0) is 15.2. The first kappa shape index (κ1) is 16.0. The number of rotatable bonds is 5. The van der Waals surface area contributed by atoms with Crippen LogP contribution in [0.1, 0.15) is 24.1 Å². The van der Waals surface area contributed by atoms with E-state index in [9.17, 15) is 18.0 Å². The SMILES string of the molecule is CC(NCC(=O)NCC(F)(F)F)c1ccc(C#N)cc1. The number of nitrogens with zero attached hydrogens (tertiary/aromatic N) is 1. The Bertz CT molecular complexity index is 491. The van der Waals surface area contributed by atoms with Crippen molar-refractivity contribution in [2.24, 2.45) is 0 Å². The molecule has 0 aromatic heterocycles. The Morgan fingerprint density at radius 3 is 2.45 bits per heavy atom. The van der Waals surface area contributed by atoms with E-state index in [1.807, 2.05) is 6.07 Å². The van der Waals surface area contributed by atoms with Gasteiger partial charge in [0.05, 0.1) is 18.2 Å². The highest BCUT2D eigenvalue weighted by atomic mass is 19.4. The van der Waals surface area contributed by atoms with Crippen molar-refractivity contribution in [3.63, 3.8) is 0 Å². The number of nitrogens with one attached hydrogen (secondary N) is 2. The largest absolute Gasteiger partial charge is 0.405 e. The van der Waals surface area contributed by atoms with Crippen molar-refractivity contribution in [2.45, 2.75) is 19.1 Å². The Labute approximate surface area is 114 Å². The maximum atomic E-state index is 11.9. The summed E-state index contributed by atoms with van der Waals surface area (Å²) < 4.78 is 35.7. The Morgan fingerprint density at radius 1 is 1.35 bits per heavy atom. The number of amides is 1. The third-order valence-corrected chi connectivity index (χ3v) is 2.59. The smallest absolute Gasteiger partial charge is 0.346 e. The number of nitriles is 1. The maximum Gasteiger partial charge on any atom is 0.405 e. The molecule has 0 saturated heterocycles. The van der Waals surface area contributed by atoms with Gasteiger partial charge in [0.2, 0.25) is 5.91 Å². The molecule has 0 bridgehead atoms. The van der Waals surface area contributed by atoms with E-state index < -0.39 is 18.6 Å². The number of hydrogen-bond donors (Lipinski definition) is 2. The van der Waals surface area contributed by atoms with E-state index in [0.717, 1.165) is 5.56 Å². The van der Waals surface area contributed by atoms with Crippen molar-refractivity contribution >= 4 is 5.91 Å². The molecule has 2 N–H and O–H groups in total. The first-order valence-electron chi connectivity index (χ1n) is 5.88. The molecule has 0 radical (unpaired) electrons. The van der Waals surface area contributed by atoms with Gasteiger partial charge in [-0.3, -0.25) is 4.79 Å².